The number of hydrogen-bond acceptors (Lipinski definition) is 0. The molecule has 0 bridgehead atoms. The molecule has 0 aliphatic rings. The molecule has 0 unspecified atom stereocenters. The van der Waals surface area contributed by atoms with Crippen molar-refractivity contribution in [3.8, 4) is 0 Å². The first kappa shape index (κ1) is 100. The van der Waals surface area contributed by atoms with E-state index in [9.17, 15) is 0 Å². The van der Waals surface area contributed by atoms with Gasteiger partial charge >= 0.3 is 0 Å². The van der Waals surface area contributed by atoms with Crippen molar-refractivity contribution in [2.75, 3.05) is 0 Å². The third-order valence-corrected chi connectivity index (χ3v) is 1.21. The van der Waals surface area contributed by atoms with Crippen molar-refractivity contribution >= 4 is 0 Å². The predicted octanol–water partition coefficient (Wildman–Crippen LogP) is 8.70. The Morgan fingerprint density at radius 1 is 0.375 bits per heavy atom. The van der Waals surface area contributed by atoms with Gasteiger partial charge in [-0.15, -0.1) is 0 Å². The minimum Gasteiger partial charge on any atom is -0.0776 e. The summed E-state index contributed by atoms with van der Waals surface area (Å²) >= 11 is 0. The lowest BCUT2D eigenvalue weighted by Gasteiger charge is -1.90. The second-order valence-electron chi connectivity index (χ2n) is 2.06. The van der Waals surface area contributed by atoms with Crippen LogP contribution in [0.1, 0.15) is 113 Å². The Morgan fingerprint density at radius 3 is 0.688 bits per heavy atom. The van der Waals surface area contributed by atoms with E-state index in [0.717, 1.165) is 0 Å². The Kier molecular flexibility index (Phi) is 735. The molecule has 0 aliphatic carbocycles. The second-order valence-corrected chi connectivity index (χ2v) is 2.06. The topological polar surface area (TPSA) is 0 Å². The number of unbranched alkanes of at least 4 members (excludes halogenated alkanes) is 4. The number of hydrogen-bond donors (Lipinski definition) is 0. The summed E-state index contributed by atoms with van der Waals surface area (Å²) in [6.07, 6.45) is 7.01. The Hall–Kier alpha value is 0. The van der Waals surface area contributed by atoms with Crippen LogP contribution in [0, 0.1) is 0 Å². The summed E-state index contributed by atoms with van der Waals surface area (Å²) in [4.78, 5) is 0. The van der Waals surface area contributed by atoms with E-state index in [1.165, 1.54) is 32.1 Å². The first-order valence-electron chi connectivity index (χ1n) is 3.41. The van der Waals surface area contributed by atoms with Gasteiger partial charge in [-0.25, -0.2) is 0 Å². The molecule has 0 nitrogen and oxygen atoms in total. The first-order chi connectivity index (χ1) is 3.41. The first-order valence-corrected chi connectivity index (χ1v) is 3.41. The quantitative estimate of drug-likeness (QED) is 0.434. The van der Waals surface area contributed by atoms with E-state index in [1.54, 1.807) is 0 Å². The summed E-state index contributed by atoms with van der Waals surface area (Å²) in [5.74, 6) is 0. The largest absolute Gasteiger partial charge is 0.0776 e. The van der Waals surface area contributed by atoms with Gasteiger partial charge in [-0.1, -0.05) is 113 Å². The Balaban J connectivity index is -0.00000000500. The monoisotopic (exact) mass is 244 g/mol. The minimum absolute atomic E-state index is 0. The van der Waals surface area contributed by atoms with Crippen molar-refractivity contribution in [2.45, 2.75) is 113 Å². The molecule has 0 heterocycles. The van der Waals surface area contributed by atoms with Gasteiger partial charge in [0.2, 0.25) is 0 Å². The molecule has 0 atom stereocenters. The van der Waals surface area contributed by atoms with E-state index in [2.05, 4.69) is 13.8 Å². The summed E-state index contributed by atoms with van der Waals surface area (Å²) in [5, 5.41) is 0. The SMILES string of the molecule is C.C.C.C.C.C.C.C.C.CCCCCCC. The van der Waals surface area contributed by atoms with E-state index in [1.807, 2.05) is 0 Å². The molecule has 0 radical (unpaired) electrons. The highest BCUT2D eigenvalue weighted by Gasteiger charge is 1.80. The molecule has 0 fully saturated rings. The summed E-state index contributed by atoms with van der Waals surface area (Å²) in [7, 11) is 0. The maximum Gasteiger partial charge on any atom is -0.0533 e. The van der Waals surface area contributed by atoms with Crippen LogP contribution in [0.4, 0.5) is 0 Å². The molecule has 0 aromatic carbocycles. The third kappa shape index (κ3) is 148. The summed E-state index contributed by atoms with van der Waals surface area (Å²) < 4.78 is 0. The summed E-state index contributed by atoms with van der Waals surface area (Å²) in [5.41, 5.74) is 0. The van der Waals surface area contributed by atoms with E-state index in [0.29, 0.717) is 0 Å². The van der Waals surface area contributed by atoms with Crippen LogP contribution in [0.25, 0.3) is 0 Å². The smallest absolute Gasteiger partial charge is 0.0533 e. The molecule has 0 aliphatic heterocycles. The predicted molar refractivity (Wildman–Crippen MR) is 95.0 cm³/mol. The van der Waals surface area contributed by atoms with Crippen molar-refractivity contribution in [3.63, 3.8) is 0 Å². The Labute approximate surface area is 113 Å². The molecule has 16 heavy (non-hydrogen) atoms. The van der Waals surface area contributed by atoms with Crippen molar-refractivity contribution < 1.29 is 0 Å². The maximum absolute atomic E-state index is 2.25. The van der Waals surface area contributed by atoms with Gasteiger partial charge in [-0.05, 0) is 0 Å². The fourth-order valence-electron chi connectivity index (χ4n) is 0.677. The van der Waals surface area contributed by atoms with E-state index >= 15 is 0 Å². The highest BCUT2D eigenvalue weighted by Crippen LogP contribution is 2.00. The van der Waals surface area contributed by atoms with E-state index < -0.39 is 0 Å². The van der Waals surface area contributed by atoms with Gasteiger partial charge in [0.1, 0.15) is 0 Å². The third-order valence-electron chi connectivity index (χ3n) is 1.21. The van der Waals surface area contributed by atoms with Gasteiger partial charge in [0, 0.05) is 0 Å². The molecule has 0 N–H and O–H groups in total. The molecule has 0 amide bonds. The zero-order valence-electron chi connectivity index (χ0n) is 5.54. The van der Waals surface area contributed by atoms with Crippen molar-refractivity contribution in [2.24, 2.45) is 0 Å². The molecule has 0 aromatic heterocycles. The molecule has 0 aromatic rings. The lowest BCUT2D eigenvalue weighted by molar-refractivity contribution is 0.656. The standard InChI is InChI=1S/C7H16.9CH4/c1-3-5-7-6-4-2;;;;;;;;;/h3-7H2,1-2H3;9*1H4. The van der Waals surface area contributed by atoms with Gasteiger partial charge in [0.15, 0.2) is 0 Å². The van der Waals surface area contributed by atoms with Gasteiger partial charge in [0.05, 0.1) is 0 Å². The molecule has 0 rings (SSSR count). The molecule has 0 saturated carbocycles. The average Bonchev–Trinajstić information content (AvgIpc) is 1.69. The average molecular weight is 245 g/mol. The minimum atomic E-state index is 0. The molecule has 116 valence electrons. The zero-order valence-corrected chi connectivity index (χ0v) is 5.54. The van der Waals surface area contributed by atoms with Crippen LogP contribution in [-0.4, -0.2) is 0 Å². The van der Waals surface area contributed by atoms with Gasteiger partial charge < -0.3 is 0 Å². The van der Waals surface area contributed by atoms with E-state index in [4.69, 9.17) is 0 Å². The Morgan fingerprint density at radius 2 is 0.562 bits per heavy atom. The fraction of sp³-hybridized carbons (Fsp3) is 1.00. The van der Waals surface area contributed by atoms with Crippen LogP contribution in [-0.2, 0) is 0 Å². The van der Waals surface area contributed by atoms with Crippen LogP contribution < -0.4 is 0 Å². The van der Waals surface area contributed by atoms with Crippen molar-refractivity contribution in [3.05, 3.63) is 0 Å². The van der Waals surface area contributed by atoms with Gasteiger partial charge in [0.25, 0.3) is 0 Å². The molecular formula is C16H52. The molecular weight excluding hydrogens is 192 g/mol. The summed E-state index contributed by atoms with van der Waals surface area (Å²) in [6.45, 7) is 4.49. The zero-order chi connectivity index (χ0) is 5.54. The normalized spacial score (nSPS) is 4.12. The van der Waals surface area contributed by atoms with Crippen LogP contribution in [0.2, 0.25) is 0 Å². The highest BCUT2D eigenvalue weighted by molar-refractivity contribution is 4.35. The molecule has 0 spiro atoms. The highest BCUT2D eigenvalue weighted by atomic mass is 13.9. The van der Waals surface area contributed by atoms with Crippen LogP contribution in [0.3, 0.4) is 0 Å². The lowest BCUT2D eigenvalue weighted by Crippen LogP contribution is -1.70. The van der Waals surface area contributed by atoms with E-state index in [-0.39, 0.29) is 66.8 Å². The van der Waals surface area contributed by atoms with Gasteiger partial charge in [-0.2, -0.15) is 0 Å². The molecule has 0 saturated heterocycles. The van der Waals surface area contributed by atoms with Crippen molar-refractivity contribution in [1.82, 2.24) is 0 Å². The van der Waals surface area contributed by atoms with Crippen LogP contribution in [0.5, 0.6) is 0 Å². The maximum atomic E-state index is 2.25. The molecule has 0 heteroatoms. The fourth-order valence-corrected chi connectivity index (χ4v) is 0.677. The van der Waals surface area contributed by atoms with Crippen LogP contribution in [0.15, 0.2) is 0 Å². The summed E-state index contributed by atoms with van der Waals surface area (Å²) in [6, 6.07) is 0. The number of rotatable bonds is 4. The van der Waals surface area contributed by atoms with Gasteiger partial charge in [-0.3, -0.25) is 0 Å². The van der Waals surface area contributed by atoms with Crippen molar-refractivity contribution in [1.29, 1.82) is 0 Å². The lowest BCUT2D eigenvalue weighted by atomic mass is 10.2. The second kappa shape index (κ2) is 118. The van der Waals surface area contributed by atoms with Crippen LogP contribution >= 0.6 is 0 Å². The Bertz CT molecular complexity index is 19.2.